The van der Waals surface area contributed by atoms with Crippen LogP contribution >= 0.6 is 0 Å². The van der Waals surface area contributed by atoms with Gasteiger partial charge in [0.15, 0.2) is 16.6 Å². The fourth-order valence-electron chi connectivity index (χ4n) is 1.15. The highest BCUT2D eigenvalue weighted by atomic mass is 28.4. The molecule has 0 aliphatic rings. The van der Waals surface area contributed by atoms with Crippen LogP contribution in [0.5, 0.6) is 0 Å². The highest BCUT2D eigenvalue weighted by molar-refractivity contribution is 6.70. The summed E-state index contributed by atoms with van der Waals surface area (Å²) in [7, 11) is -2.85. The molecule has 0 aromatic rings. The van der Waals surface area contributed by atoms with E-state index in [1.165, 1.54) is 0 Å². The Labute approximate surface area is 97.6 Å². The SMILES string of the molecule is CC(C)C(CO[Si](C)(C)C)O[Si](C)(C)C. The van der Waals surface area contributed by atoms with Crippen LogP contribution in [0.4, 0.5) is 0 Å². The zero-order chi connectivity index (χ0) is 12.3. The second-order valence-corrected chi connectivity index (χ2v) is 15.4. The van der Waals surface area contributed by atoms with E-state index in [2.05, 4.69) is 53.1 Å². The molecule has 15 heavy (non-hydrogen) atoms. The minimum Gasteiger partial charge on any atom is -0.415 e. The van der Waals surface area contributed by atoms with Crippen LogP contribution in [0.3, 0.4) is 0 Å². The molecule has 0 amide bonds. The predicted molar refractivity (Wildman–Crippen MR) is 72.4 cm³/mol. The molecule has 0 aliphatic heterocycles. The Hall–Kier alpha value is 0.354. The van der Waals surface area contributed by atoms with Gasteiger partial charge in [-0.2, -0.15) is 0 Å². The second-order valence-electron chi connectivity index (χ2n) is 6.44. The third-order valence-electron chi connectivity index (χ3n) is 1.93. The van der Waals surface area contributed by atoms with Gasteiger partial charge in [-0.15, -0.1) is 0 Å². The normalized spacial score (nSPS) is 15.8. The lowest BCUT2D eigenvalue weighted by molar-refractivity contribution is 0.0820. The van der Waals surface area contributed by atoms with Crippen molar-refractivity contribution < 1.29 is 8.85 Å². The summed E-state index contributed by atoms with van der Waals surface area (Å²) < 4.78 is 12.1. The van der Waals surface area contributed by atoms with E-state index in [4.69, 9.17) is 8.85 Å². The molecule has 0 bridgehead atoms. The molecule has 0 fully saturated rings. The molecule has 0 aromatic carbocycles. The lowest BCUT2D eigenvalue weighted by atomic mass is 10.1. The van der Waals surface area contributed by atoms with Crippen LogP contribution in [-0.2, 0) is 8.85 Å². The smallest absolute Gasteiger partial charge is 0.184 e. The van der Waals surface area contributed by atoms with Crippen molar-refractivity contribution in [3.8, 4) is 0 Å². The third-order valence-corrected chi connectivity index (χ3v) is 3.97. The molecule has 0 spiro atoms. The molecule has 0 N–H and O–H groups in total. The van der Waals surface area contributed by atoms with Crippen molar-refractivity contribution in [2.24, 2.45) is 5.92 Å². The monoisotopic (exact) mass is 248 g/mol. The molecule has 0 saturated heterocycles. The average Bonchev–Trinajstić information content (AvgIpc) is 1.93. The van der Waals surface area contributed by atoms with Gasteiger partial charge < -0.3 is 8.85 Å². The Bertz CT molecular complexity index is 180. The van der Waals surface area contributed by atoms with Gasteiger partial charge in [0.05, 0.1) is 12.7 Å². The number of rotatable bonds is 6. The maximum atomic E-state index is 6.13. The van der Waals surface area contributed by atoms with Crippen molar-refractivity contribution in [2.75, 3.05) is 6.61 Å². The topological polar surface area (TPSA) is 18.5 Å². The molecule has 0 rings (SSSR count). The second kappa shape index (κ2) is 5.61. The maximum absolute atomic E-state index is 6.13. The summed E-state index contributed by atoms with van der Waals surface area (Å²) in [6.07, 6.45) is 0.267. The Morgan fingerprint density at radius 1 is 0.867 bits per heavy atom. The molecule has 0 saturated carbocycles. The van der Waals surface area contributed by atoms with Gasteiger partial charge in [-0.25, -0.2) is 0 Å². The van der Waals surface area contributed by atoms with Crippen molar-refractivity contribution in [3.05, 3.63) is 0 Å². The lowest BCUT2D eigenvalue weighted by Crippen LogP contribution is -2.40. The van der Waals surface area contributed by atoms with Crippen molar-refractivity contribution in [2.45, 2.75) is 59.2 Å². The summed E-state index contributed by atoms with van der Waals surface area (Å²) in [5.41, 5.74) is 0. The fourth-order valence-corrected chi connectivity index (χ4v) is 3.06. The van der Waals surface area contributed by atoms with Crippen LogP contribution in [0.2, 0.25) is 39.3 Å². The van der Waals surface area contributed by atoms with Crippen molar-refractivity contribution in [3.63, 3.8) is 0 Å². The molecule has 1 unspecified atom stereocenters. The van der Waals surface area contributed by atoms with Crippen molar-refractivity contribution in [1.82, 2.24) is 0 Å². The van der Waals surface area contributed by atoms with E-state index in [-0.39, 0.29) is 6.10 Å². The first-order valence-electron chi connectivity index (χ1n) is 5.83. The molecule has 92 valence electrons. The average molecular weight is 249 g/mol. The summed E-state index contributed by atoms with van der Waals surface area (Å²) in [4.78, 5) is 0. The van der Waals surface area contributed by atoms with Crippen LogP contribution in [0, 0.1) is 5.92 Å². The summed E-state index contributed by atoms with van der Waals surface area (Å²) in [6.45, 7) is 18.5. The van der Waals surface area contributed by atoms with Crippen LogP contribution in [-0.4, -0.2) is 29.3 Å². The van der Waals surface area contributed by atoms with Gasteiger partial charge in [0, 0.05) is 0 Å². The van der Waals surface area contributed by atoms with Gasteiger partial charge in [0.25, 0.3) is 0 Å². The van der Waals surface area contributed by atoms with Crippen LogP contribution in [0.15, 0.2) is 0 Å². The first kappa shape index (κ1) is 15.4. The Balaban J connectivity index is 4.18. The van der Waals surface area contributed by atoms with Gasteiger partial charge in [-0.3, -0.25) is 0 Å². The molecular formula is C11H28O2Si2. The number of hydrogen-bond acceptors (Lipinski definition) is 2. The zero-order valence-corrected chi connectivity index (χ0v) is 13.7. The predicted octanol–water partition coefficient (Wildman–Crippen LogP) is 3.71. The third kappa shape index (κ3) is 9.29. The van der Waals surface area contributed by atoms with Gasteiger partial charge in [0.2, 0.25) is 0 Å². The zero-order valence-electron chi connectivity index (χ0n) is 11.7. The molecular weight excluding hydrogens is 220 g/mol. The largest absolute Gasteiger partial charge is 0.415 e. The molecule has 0 radical (unpaired) electrons. The van der Waals surface area contributed by atoms with E-state index in [0.29, 0.717) is 5.92 Å². The summed E-state index contributed by atoms with van der Waals surface area (Å²) >= 11 is 0. The van der Waals surface area contributed by atoms with E-state index in [0.717, 1.165) is 6.61 Å². The van der Waals surface area contributed by atoms with Crippen LogP contribution in [0.25, 0.3) is 0 Å². The van der Waals surface area contributed by atoms with Gasteiger partial charge >= 0.3 is 0 Å². The van der Waals surface area contributed by atoms with E-state index in [9.17, 15) is 0 Å². The van der Waals surface area contributed by atoms with E-state index < -0.39 is 16.6 Å². The van der Waals surface area contributed by atoms with Crippen LogP contribution < -0.4 is 0 Å². The molecule has 0 heterocycles. The standard InChI is InChI=1S/C11H28O2Si2/c1-10(2)11(13-15(6,7)8)9-12-14(3,4)5/h10-11H,9H2,1-8H3. The molecule has 2 nitrogen and oxygen atoms in total. The van der Waals surface area contributed by atoms with E-state index in [1.807, 2.05) is 0 Å². The quantitative estimate of drug-likeness (QED) is 0.667. The molecule has 4 heteroatoms. The summed E-state index contributed by atoms with van der Waals surface area (Å²) in [5, 5.41) is 0. The Morgan fingerprint density at radius 2 is 1.33 bits per heavy atom. The lowest BCUT2D eigenvalue weighted by Gasteiger charge is -2.31. The van der Waals surface area contributed by atoms with Crippen molar-refractivity contribution >= 4 is 16.6 Å². The molecule has 0 aliphatic carbocycles. The van der Waals surface area contributed by atoms with Gasteiger partial charge in [-0.1, -0.05) is 13.8 Å². The highest BCUT2D eigenvalue weighted by Gasteiger charge is 2.25. The Kier molecular flexibility index (Phi) is 5.75. The van der Waals surface area contributed by atoms with Crippen molar-refractivity contribution in [1.29, 1.82) is 0 Å². The Morgan fingerprint density at radius 3 is 1.60 bits per heavy atom. The summed E-state index contributed by atoms with van der Waals surface area (Å²) in [5.74, 6) is 0.535. The van der Waals surface area contributed by atoms with Crippen LogP contribution in [0.1, 0.15) is 13.8 Å². The number of hydrogen-bond donors (Lipinski definition) is 0. The molecule has 1 atom stereocenters. The van der Waals surface area contributed by atoms with Gasteiger partial charge in [0.1, 0.15) is 0 Å². The fraction of sp³-hybridized carbons (Fsp3) is 1.00. The highest BCUT2D eigenvalue weighted by Crippen LogP contribution is 2.16. The minimum atomic E-state index is -1.44. The molecule has 0 aromatic heterocycles. The van der Waals surface area contributed by atoms with E-state index >= 15 is 0 Å². The maximum Gasteiger partial charge on any atom is 0.184 e. The van der Waals surface area contributed by atoms with E-state index in [1.54, 1.807) is 0 Å². The van der Waals surface area contributed by atoms with Gasteiger partial charge in [-0.05, 0) is 45.2 Å². The summed E-state index contributed by atoms with van der Waals surface area (Å²) in [6, 6.07) is 0. The minimum absolute atomic E-state index is 0.267. The first-order valence-corrected chi connectivity index (χ1v) is 12.6. The first-order chi connectivity index (χ1) is 6.51.